The van der Waals surface area contributed by atoms with Crippen LogP contribution in [0.2, 0.25) is 0 Å². The van der Waals surface area contributed by atoms with Gasteiger partial charge in [0, 0.05) is 24.3 Å². The van der Waals surface area contributed by atoms with Crippen LogP contribution < -0.4 is 20.2 Å². The molecule has 3 unspecified atom stereocenters. The fraction of sp³-hybridized carbons (Fsp3) is 0.423. The number of carbonyl (C=O) groups is 3. The SMILES string of the molecule is O=C(CN1NC2N(CCc3ccccc3)C(=O)C3CCCCC3N2C1=O)Nc1ccc2c(c1)OCO2. The number of fused-ring (bicyclic) bond motifs is 4. The van der Waals surface area contributed by atoms with Gasteiger partial charge in [-0.05, 0) is 37.0 Å². The van der Waals surface area contributed by atoms with Gasteiger partial charge in [-0.1, -0.05) is 43.2 Å². The smallest absolute Gasteiger partial charge is 0.337 e. The van der Waals surface area contributed by atoms with Crippen molar-refractivity contribution in [3.05, 3.63) is 54.1 Å². The van der Waals surface area contributed by atoms with Crippen molar-refractivity contribution in [1.82, 2.24) is 20.2 Å². The lowest BCUT2D eigenvalue weighted by Crippen LogP contribution is -2.66. The van der Waals surface area contributed by atoms with Crippen molar-refractivity contribution in [1.29, 1.82) is 0 Å². The second-order valence-electron chi connectivity index (χ2n) is 9.62. The number of nitrogens with zero attached hydrogens (tertiary/aromatic N) is 3. The van der Waals surface area contributed by atoms with Crippen molar-refractivity contribution in [3.63, 3.8) is 0 Å². The molecule has 10 heteroatoms. The number of benzene rings is 2. The monoisotopic (exact) mass is 491 g/mol. The summed E-state index contributed by atoms with van der Waals surface area (Å²) >= 11 is 0. The maximum absolute atomic E-state index is 13.5. The molecule has 36 heavy (non-hydrogen) atoms. The van der Waals surface area contributed by atoms with Gasteiger partial charge in [0.1, 0.15) is 6.54 Å². The van der Waals surface area contributed by atoms with E-state index in [1.807, 2.05) is 30.3 Å². The first-order chi connectivity index (χ1) is 17.6. The molecule has 0 radical (unpaired) electrons. The second kappa shape index (κ2) is 9.34. The Labute approximate surface area is 209 Å². The van der Waals surface area contributed by atoms with E-state index in [2.05, 4.69) is 10.7 Å². The van der Waals surface area contributed by atoms with E-state index in [0.717, 1.165) is 31.2 Å². The Morgan fingerprint density at radius 2 is 1.83 bits per heavy atom. The third-order valence-corrected chi connectivity index (χ3v) is 7.41. The highest BCUT2D eigenvalue weighted by Crippen LogP contribution is 2.38. The molecule has 2 N–H and O–H groups in total. The first-order valence-electron chi connectivity index (χ1n) is 12.5. The van der Waals surface area contributed by atoms with E-state index in [9.17, 15) is 14.4 Å². The van der Waals surface area contributed by atoms with Crippen molar-refractivity contribution < 1.29 is 23.9 Å². The molecule has 1 saturated carbocycles. The lowest BCUT2D eigenvalue weighted by Gasteiger charge is -2.48. The minimum Gasteiger partial charge on any atom is -0.454 e. The van der Waals surface area contributed by atoms with Gasteiger partial charge in [-0.15, -0.1) is 0 Å². The molecule has 4 amide bonds. The molecular weight excluding hydrogens is 462 g/mol. The van der Waals surface area contributed by atoms with Crippen LogP contribution in [-0.2, 0) is 16.0 Å². The van der Waals surface area contributed by atoms with Gasteiger partial charge in [-0.2, -0.15) is 5.43 Å². The summed E-state index contributed by atoms with van der Waals surface area (Å²) in [6.07, 6.45) is 3.65. The Balaban J connectivity index is 1.18. The average molecular weight is 492 g/mol. The van der Waals surface area contributed by atoms with E-state index in [4.69, 9.17) is 9.47 Å². The van der Waals surface area contributed by atoms with E-state index >= 15 is 0 Å². The second-order valence-corrected chi connectivity index (χ2v) is 9.62. The largest absolute Gasteiger partial charge is 0.454 e. The molecule has 0 spiro atoms. The van der Waals surface area contributed by atoms with Crippen molar-refractivity contribution in [3.8, 4) is 11.5 Å². The molecule has 4 aliphatic rings. The van der Waals surface area contributed by atoms with Crippen LogP contribution in [0.25, 0.3) is 0 Å². The Bertz CT molecular complexity index is 1170. The van der Waals surface area contributed by atoms with Crippen LogP contribution in [0.5, 0.6) is 11.5 Å². The molecule has 10 nitrogen and oxygen atoms in total. The molecule has 3 heterocycles. The van der Waals surface area contributed by atoms with E-state index in [1.54, 1.807) is 28.0 Å². The van der Waals surface area contributed by atoms with Crippen molar-refractivity contribution in [2.45, 2.75) is 44.4 Å². The third-order valence-electron chi connectivity index (χ3n) is 7.41. The topological polar surface area (TPSA) is 103 Å². The molecule has 2 saturated heterocycles. The van der Waals surface area contributed by atoms with E-state index in [-0.39, 0.29) is 43.1 Å². The number of ether oxygens (including phenoxy) is 2. The summed E-state index contributed by atoms with van der Waals surface area (Å²) < 4.78 is 10.7. The molecule has 3 aliphatic heterocycles. The molecule has 1 aliphatic carbocycles. The Kier molecular flexibility index (Phi) is 5.88. The Hall–Kier alpha value is -3.79. The summed E-state index contributed by atoms with van der Waals surface area (Å²) in [7, 11) is 0. The number of hydrazine groups is 1. The van der Waals surface area contributed by atoms with E-state index < -0.39 is 6.29 Å². The fourth-order valence-electron chi connectivity index (χ4n) is 5.67. The van der Waals surface area contributed by atoms with Gasteiger partial charge < -0.3 is 19.7 Å². The minimum atomic E-state index is -0.591. The number of urea groups is 1. The lowest BCUT2D eigenvalue weighted by atomic mass is 9.81. The van der Waals surface area contributed by atoms with Crippen LogP contribution in [0, 0.1) is 5.92 Å². The summed E-state index contributed by atoms with van der Waals surface area (Å²) in [5, 5.41) is 4.14. The number of hydrogen-bond donors (Lipinski definition) is 2. The van der Waals surface area contributed by atoms with Crippen molar-refractivity contribution >= 4 is 23.5 Å². The lowest BCUT2D eigenvalue weighted by molar-refractivity contribution is -0.156. The molecular formula is C26H29N5O5. The zero-order chi connectivity index (χ0) is 24.6. The van der Waals surface area contributed by atoms with Crippen LogP contribution in [0.15, 0.2) is 48.5 Å². The minimum absolute atomic E-state index is 0.0869. The van der Waals surface area contributed by atoms with Gasteiger partial charge in [0.25, 0.3) is 0 Å². The van der Waals surface area contributed by atoms with Crippen LogP contribution in [0.4, 0.5) is 10.5 Å². The standard InChI is InChI=1S/C26H29N5O5/c32-23(27-18-10-11-21-22(14-18)36-16-35-21)15-30-26(34)31-20-9-5-4-8-19(20)24(33)29(25(31)28-30)13-12-17-6-2-1-3-7-17/h1-3,6-7,10-11,14,19-20,25,28H,4-5,8-9,12-13,15-16H2,(H,27,32). The number of nitrogens with one attached hydrogen (secondary N) is 2. The zero-order valence-corrected chi connectivity index (χ0v) is 19.9. The quantitative estimate of drug-likeness (QED) is 0.644. The highest BCUT2D eigenvalue weighted by Gasteiger charge is 2.54. The third kappa shape index (κ3) is 4.11. The summed E-state index contributed by atoms with van der Waals surface area (Å²) in [5.74, 6) is 0.736. The van der Waals surface area contributed by atoms with Crippen molar-refractivity contribution in [2.75, 3.05) is 25.2 Å². The van der Waals surface area contributed by atoms with E-state index in [1.165, 1.54) is 5.01 Å². The molecule has 2 aromatic carbocycles. The van der Waals surface area contributed by atoms with Crippen LogP contribution >= 0.6 is 0 Å². The molecule has 3 atom stereocenters. The van der Waals surface area contributed by atoms with Gasteiger partial charge in [0.05, 0.1) is 5.92 Å². The summed E-state index contributed by atoms with van der Waals surface area (Å²) in [6, 6.07) is 14.7. The summed E-state index contributed by atoms with van der Waals surface area (Å²) in [5.41, 5.74) is 4.85. The maximum Gasteiger partial charge on any atom is 0.337 e. The van der Waals surface area contributed by atoms with Gasteiger partial charge in [0.15, 0.2) is 17.8 Å². The number of anilines is 1. The van der Waals surface area contributed by atoms with Gasteiger partial charge in [0.2, 0.25) is 18.6 Å². The summed E-state index contributed by atoms with van der Waals surface area (Å²) in [6.45, 7) is 0.459. The number of amides is 4. The van der Waals surface area contributed by atoms with Gasteiger partial charge in [-0.25, -0.2) is 9.80 Å². The Morgan fingerprint density at radius 3 is 2.69 bits per heavy atom. The highest BCUT2D eigenvalue weighted by molar-refractivity contribution is 5.95. The highest BCUT2D eigenvalue weighted by atomic mass is 16.7. The number of hydrogen-bond acceptors (Lipinski definition) is 6. The van der Waals surface area contributed by atoms with Gasteiger partial charge >= 0.3 is 6.03 Å². The molecule has 188 valence electrons. The first kappa shape index (κ1) is 22.7. The fourth-order valence-corrected chi connectivity index (χ4v) is 5.67. The zero-order valence-electron chi connectivity index (χ0n) is 19.9. The van der Waals surface area contributed by atoms with Crippen LogP contribution in [0.3, 0.4) is 0 Å². The maximum atomic E-state index is 13.5. The summed E-state index contributed by atoms with van der Waals surface area (Å²) in [4.78, 5) is 43.4. The van der Waals surface area contributed by atoms with Crippen LogP contribution in [-0.4, -0.2) is 64.9 Å². The van der Waals surface area contributed by atoms with Crippen LogP contribution in [0.1, 0.15) is 31.2 Å². The van der Waals surface area contributed by atoms with Gasteiger partial charge in [-0.3, -0.25) is 14.5 Å². The molecule has 2 aromatic rings. The first-order valence-corrected chi connectivity index (χ1v) is 12.5. The molecule has 0 bridgehead atoms. The normalized spacial score (nSPS) is 24.6. The number of rotatable bonds is 6. The Morgan fingerprint density at radius 1 is 1.03 bits per heavy atom. The average Bonchev–Trinajstić information content (AvgIpc) is 3.49. The molecule has 3 fully saturated rings. The molecule has 0 aromatic heterocycles. The predicted octanol–water partition coefficient (Wildman–Crippen LogP) is 2.52. The predicted molar refractivity (Wildman–Crippen MR) is 130 cm³/mol. The van der Waals surface area contributed by atoms with E-state index in [0.29, 0.717) is 30.2 Å². The molecule has 6 rings (SSSR count). The number of carbonyl (C=O) groups excluding carboxylic acids is 3. The van der Waals surface area contributed by atoms with Crippen molar-refractivity contribution in [2.24, 2.45) is 5.92 Å².